The highest BCUT2D eigenvalue weighted by Crippen LogP contribution is 2.40. The van der Waals surface area contributed by atoms with Crippen molar-refractivity contribution in [1.29, 1.82) is 0 Å². The predicted molar refractivity (Wildman–Crippen MR) is 163 cm³/mol. The van der Waals surface area contributed by atoms with Crippen LogP contribution in [0.1, 0.15) is 50.9 Å². The van der Waals surface area contributed by atoms with Gasteiger partial charge in [-0.3, -0.25) is 19.5 Å². The number of carbonyl (C=O) groups is 2. The van der Waals surface area contributed by atoms with Gasteiger partial charge in [0.05, 0.1) is 18.3 Å². The average Bonchev–Trinajstić information content (AvgIpc) is 3.18. The molecule has 1 aromatic heterocycles. The Morgan fingerprint density at radius 1 is 1.19 bits per heavy atom. The van der Waals surface area contributed by atoms with Gasteiger partial charge >= 0.3 is 0 Å². The zero-order valence-corrected chi connectivity index (χ0v) is 26.2. The first-order valence-electron chi connectivity index (χ1n) is 14.1. The van der Waals surface area contributed by atoms with Gasteiger partial charge in [-0.15, -0.1) is 24.8 Å². The molecule has 0 bridgehead atoms. The summed E-state index contributed by atoms with van der Waals surface area (Å²) in [6, 6.07) is 5.63. The molecule has 2 saturated heterocycles. The second-order valence-electron chi connectivity index (χ2n) is 12.0. The molecule has 0 saturated carbocycles. The highest BCUT2D eigenvalue weighted by Gasteiger charge is 2.40. The average molecular weight is 629 g/mol. The van der Waals surface area contributed by atoms with Crippen molar-refractivity contribution in [2.45, 2.75) is 64.1 Å². The lowest BCUT2D eigenvalue weighted by molar-refractivity contribution is -0.150. The van der Waals surface area contributed by atoms with Crippen molar-refractivity contribution < 1.29 is 23.1 Å². The number of benzene rings is 1. The largest absolute Gasteiger partial charge is 0.367 e. The summed E-state index contributed by atoms with van der Waals surface area (Å²) in [6.07, 6.45) is 2.87. The Labute approximate surface area is 259 Å². The molecule has 3 aliphatic rings. The zero-order valence-electron chi connectivity index (χ0n) is 24.6. The van der Waals surface area contributed by atoms with Gasteiger partial charge in [-0.2, -0.15) is 0 Å². The number of anilines is 1. The number of ether oxygens (including phenoxy) is 1. The van der Waals surface area contributed by atoms with Crippen LogP contribution < -0.4 is 10.2 Å². The molecular weight excluding hydrogens is 587 g/mol. The van der Waals surface area contributed by atoms with E-state index in [1.54, 1.807) is 6.20 Å². The Hall–Kier alpha value is -2.37. The van der Waals surface area contributed by atoms with Gasteiger partial charge in [0.15, 0.2) is 0 Å². The maximum Gasteiger partial charge on any atom is 0.248 e. The van der Waals surface area contributed by atoms with Gasteiger partial charge in [-0.05, 0) is 31.0 Å². The summed E-state index contributed by atoms with van der Waals surface area (Å²) < 4.78 is 33.3. The van der Waals surface area contributed by atoms with Crippen molar-refractivity contribution in [2.75, 3.05) is 50.8 Å². The highest BCUT2D eigenvalue weighted by molar-refractivity contribution is 5.97. The molecule has 1 N–H and O–H groups in total. The Bertz CT molecular complexity index is 1280. The number of hydrogen-bond donors (Lipinski definition) is 1. The van der Waals surface area contributed by atoms with Crippen molar-refractivity contribution in [2.24, 2.45) is 0 Å². The Kier molecular flexibility index (Phi) is 11.3. The quantitative estimate of drug-likeness (QED) is 0.504. The van der Waals surface area contributed by atoms with Crippen molar-refractivity contribution >= 4 is 42.3 Å². The Morgan fingerprint density at radius 3 is 2.67 bits per heavy atom. The first-order chi connectivity index (χ1) is 19.0. The first kappa shape index (κ1) is 34.1. The molecule has 5 rings (SSSR count). The molecule has 4 heterocycles. The van der Waals surface area contributed by atoms with Gasteiger partial charge < -0.3 is 19.9 Å². The van der Waals surface area contributed by atoms with Gasteiger partial charge in [0.25, 0.3) is 0 Å². The van der Waals surface area contributed by atoms with Crippen LogP contribution in [0.4, 0.5) is 14.5 Å². The predicted octanol–water partition coefficient (Wildman–Crippen LogP) is 3.72. The lowest BCUT2D eigenvalue weighted by Gasteiger charge is -2.43. The molecule has 0 spiro atoms. The molecule has 12 heteroatoms. The third-order valence-corrected chi connectivity index (χ3v) is 8.37. The fourth-order valence-corrected chi connectivity index (χ4v) is 6.00. The number of fused-ring (bicyclic) bond motifs is 1. The number of nitrogens with one attached hydrogen (secondary N) is 1. The molecule has 42 heavy (non-hydrogen) atoms. The van der Waals surface area contributed by atoms with Gasteiger partial charge in [-0.1, -0.05) is 26.8 Å². The van der Waals surface area contributed by atoms with Crippen LogP contribution >= 0.6 is 24.8 Å². The van der Waals surface area contributed by atoms with Crippen LogP contribution in [0.3, 0.4) is 0 Å². The molecule has 1 unspecified atom stereocenters. The van der Waals surface area contributed by atoms with E-state index >= 15 is 0 Å². The van der Waals surface area contributed by atoms with Crippen molar-refractivity contribution in [3.63, 3.8) is 0 Å². The molecule has 2 fully saturated rings. The normalized spacial score (nSPS) is 23.7. The minimum Gasteiger partial charge on any atom is -0.367 e. The van der Waals surface area contributed by atoms with Gasteiger partial charge in [0, 0.05) is 80.2 Å². The van der Waals surface area contributed by atoms with Crippen molar-refractivity contribution in [3.05, 3.63) is 58.9 Å². The maximum atomic E-state index is 14.3. The topological polar surface area (TPSA) is 78.0 Å². The molecule has 0 aliphatic carbocycles. The number of pyridine rings is 1. The summed E-state index contributed by atoms with van der Waals surface area (Å²) in [5, 5.41) is 3.50. The lowest BCUT2D eigenvalue weighted by atomic mass is 9.88. The number of hydrogen-bond acceptors (Lipinski definition) is 6. The lowest BCUT2D eigenvalue weighted by Crippen LogP contribution is -2.62. The Morgan fingerprint density at radius 2 is 1.95 bits per heavy atom. The second kappa shape index (κ2) is 13.9. The SMILES string of the molecule is CCC1CN(C[C@H]2CN[C@H](C)CN2CC(=O)N2CC(C)(C)c3cnc(Cc4ccc(F)cc4F)cc32)C(=O)CO1.Cl.Cl. The van der Waals surface area contributed by atoms with E-state index in [1.807, 2.05) is 15.9 Å². The van der Waals surface area contributed by atoms with Crippen LogP contribution in [0.5, 0.6) is 0 Å². The number of rotatable bonds is 7. The number of nitrogens with zero attached hydrogens (tertiary/aromatic N) is 4. The number of amides is 2. The third kappa shape index (κ3) is 7.39. The van der Waals surface area contributed by atoms with Gasteiger partial charge in [0.2, 0.25) is 11.8 Å². The maximum absolute atomic E-state index is 14.3. The van der Waals surface area contributed by atoms with E-state index in [4.69, 9.17) is 4.74 Å². The smallest absolute Gasteiger partial charge is 0.248 e. The van der Waals surface area contributed by atoms with Crippen LogP contribution in [0.25, 0.3) is 0 Å². The van der Waals surface area contributed by atoms with Crippen LogP contribution in [0, 0.1) is 11.6 Å². The standard InChI is InChI=1S/C30H39F2N5O3.2ClH/c1-5-24-15-36(29(39)17-40-24)14-23-11-33-19(2)13-35(23)16-28(38)37-18-30(3,4)25-12-34-22(10-27(25)37)8-20-6-7-21(31)9-26(20)32;;/h6-7,9-10,12,19,23-24,33H,5,8,11,13-18H2,1-4H3;2*1H/t19-,23-,24?;;/m1../s1. The monoisotopic (exact) mass is 627 g/mol. The molecule has 2 aromatic rings. The molecule has 1 aromatic carbocycles. The highest BCUT2D eigenvalue weighted by atomic mass is 35.5. The fourth-order valence-electron chi connectivity index (χ4n) is 6.00. The van der Waals surface area contributed by atoms with Crippen LogP contribution in [0.2, 0.25) is 0 Å². The number of halogens is 4. The third-order valence-electron chi connectivity index (χ3n) is 8.37. The number of aromatic nitrogens is 1. The number of morpholine rings is 1. The van der Waals surface area contributed by atoms with E-state index in [-0.39, 0.29) is 79.8 Å². The Balaban J connectivity index is 0.00000242. The summed E-state index contributed by atoms with van der Waals surface area (Å²) in [6.45, 7) is 11.7. The summed E-state index contributed by atoms with van der Waals surface area (Å²) in [5.41, 5.74) is 2.44. The summed E-state index contributed by atoms with van der Waals surface area (Å²) in [4.78, 5) is 36.9. The van der Waals surface area contributed by atoms with E-state index in [0.29, 0.717) is 44.0 Å². The molecular formula is C30H41Cl2F2N5O3. The minimum atomic E-state index is -0.620. The first-order valence-corrected chi connectivity index (χ1v) is 14.1. The van der Waals surface area contributed by atoms with Crippen LogP contribution in [0.15, 0.2) is 30.5 Å². The molecule has 0 radical (unpaired) electrons. The number of carbonyl (C=O) groups excluding carboxylic acids is 2. The van der Waals surface area contributed by atoms with Crippen LogP contribution in [-0.2, 0) is 26.2 Å². The van der Waals surface area contributed by atoms with E-state index in [1.165, 1.54) is 12.1 Å². The van der Waals surface area contributed by atoms with E-state index in [9.17, 15) is 18.4 Å². The minimum absolute atomic E-state index is 0. The fraction of sp³-hybridized carbons (Fsp3) is 0.567. The van der Waals surface area contributed by atoms with Gasteiger partial charge in [-0.25, -0.2) is 8.78 Å². The number of piperazine rings is 1. The van der Waals surface area contributed by atoms with Crippen molar-refractivity contribution in [1.82, 2.24) is 20.1 Å². The summed E-state index contributed by atoms with van der Waals surface area (Å²) in [7, 11) is 0. The summed E-state index contributed by atoms with van der Waals surface area (Å²) in [5.74, 6) is -1.26. The van der Waals surface area contributed by atoms with Crippen LogP contribution in [-0.4, -0.2) is 90.7 Å². The molecule has 232 valence electrons. The summed E-state index contributed by atoms with van der Waals surface area (Å²) >= 11 is 0. The molecule has 2 amide bonds. The van der Waals surface area contributed by atoms with E-state index < -0.39 is 11.6 Å². The zero-order chi connectivity index (χ0) is 28.6. The van der Waals surface area contributed by atoms with E-state index in [0.717, 1.165) is 23.7 Å². The van der Waals surface area contributed by atoms with Gasteiger partial charge in [0.1, 0.15) is 18.2 Å². The van der Waals surface area contributed by atoms with Crippen molar-refractivity contribution in [3.8, 4) is 0 Å². The molecule has 3 aliphatic heterocycles. The molecule has 8 nitrogen and oxygen atoms in total. The second-order valence-corrected chi connectivity index (χ2v) is 12.0. The van der Waals surface area contributed by atoms with E-state index in [2.05, 4.69) is 42.9 Å². The molecule has 3 atom stereocenters.